The fourth-order valence-corrected chi connectivity index (χ4v) is 3.49. The van der Waals surface area contributed by atoms with Crippen LogP contribution in [0.4, 0.5) is 13.2 Å². The molecule has 1 heterocycles. The number of nitrogens with zero attached hydrogens (tertiary/aromatic N) is 2. The van der Waals surface area contributed by atoms with Gasteiger partial charge in [-0.15, -0.1) is 0 Å². The molecular weight excluding hydrogens is 401 g/mol. The van der Waals surface area contributed by atoms with Gasteiger partial charge in [-0.3, -0.25) is 26.0 Å². The van der Waals surface area contributed by atoms with Crippen LogP contribution in [0.2, 0.25) is 0 Å². The summed E-state index contributed by atoms with van der Waals surface area (Å²) in [5.74, 6) is 5.88. The van der Waals surface area contributed by atoms with Crippen molar-refractivity contribution in [3.8, 4) is 5.75 Å². The van der Waals surface area contributed by atoms with Crippen LogP contribution in [-0.2, 0) is 0 Å². The minimum atomic E-state index is -4.47. The van der Waals surface area contributed by atoms with Crippen LogP contribution >= 0.6 is 0 Å². The van der Waals surface area contributed by atoms with E-state index in [0.717, 1.165) is 25.7 Å². The lowest BCUT2D eigenvalue weighted by Gasteiger charge is -2.32. The summed E-state index contributed by atoms with van der Waals surface area (Å²) >= 11 is 0. The van der Waals surface area contributed by atoms with Crippen molar-refractivity contribution in [3.05, 3.63) is 23.5 Å². The van der Waals surface area contributed by atoms with Gasteiger partial charge in [-0.1, -0.05) is 12.8 Å². The number of carbonyl (C=O) groups is 1. The molecule has 1 amide bonds. The molecule has 2 fully saturated rings. The Hall–Kier alpha value is -2.40. The van der Waals surface area contributed by atoms with Crippen LogP contribution in [-0.4, -0.2) is 42.1 Å². The molecule has 0 aliphatic heterocycles. The number of halogens is 3. The first-order valence-electron chi connectivity index (χ1n) is 9.86. The van der Waals surface area contributed by atoms with Gasteiger partial charge in [0.15, 0.2) is 6.61 Å². The molecule has 0 radical (unpaired) electrons. The van der Waals surface area contributed by atoms with Gasteiger partial charge in [0.05, 0.1) is 5.54 Å². The average molecular weight is 428 g/mol. The summed E-state index contributed by atoms with van der Waals surface area (Å²) < 4.78 is 42.9. The van der Waals surface area contributed by atoms with Gasteiger partial charge in [0.1, 0.15) is 17.3 Å². The fourth-order valence-electron chi connectivity index (χ4n) is 3.49. The maximum atomic E-state index is 13.0. The highest BCUT2D eigenvalue weighted by Crippen LogP contribution is 2.44. The number of nitrogens with one attached hydrogen (secondary N) is 3. The van der Waals surface area contributed by atoms with Crippen molar-refractivity contribution in [3.63, 3.8) is 0 Å². The maximum absolute atomic E-state index is 13.0. The van der Waals surface area contributed by atoms with E-state index in [1.54, 1.807) is 7.05 Å². The minimum Gasteiger partial charge on any atom is -0.484 e. The van der Waals surface area contributed by atoms with Crippen molar-refractivity contribution in [2.75, 3.05) is 13.7 Å². The quantitative estimate of drug-likeness (QED) is 0.208. The van der Waals surface area contributed by atoms with Crippen molar-refractivity contribution in [1.82, 2.24) is 21.3 Å². The van der Waals surface area contributed by atoms with Gasteiger partial charge in [-0.25, -0.2) is 0 Å². The molecule has 2 aliphatic carbocycles. The Morgan fingerprint density at radius 3 is 2.57 bits per heavy atom. The van der Waals surface area contributed by atoms with Gasteiger partial charge in [0, 0.05) is 24.9 Å². The maximum Gasteiger partial charge on any atom is 0.422 e. The number of aliphatic imine (C=N–C) groups is 1. The highest BCUT2D eigenvalue weighted by molar-refractivity contribution is 5.99. The molecule has 1 aromatic heterocycles. The van der Waals surface area contributed by atoms with Crippen LogP contribution in [0, 0.1) is 5.92 Å². The average Bonchev–Trinajstić information content (AvgIpc) is 3.58. The molecule has 1 unspecified atom stereocenters. The Kier molecular flexibility index (Phi) is 6.51. The lowest BCUT2D eigenvalue weighted by Crippen LogP contribution is -2.60. The monoisotopic (exact) mass is 428 g/mol. The predicted octanol–water partition coefficient (Wildman–Crippen LogP) is 2.18. The van der Waals surface area contributed by atoms with E-state index in [1.807, 2.05) is 6.92 Å². The van der Waals surface area contributed by atoms with E-state index >= 15 is 0 Å². The summed E-state index contributed by atoms with van der Waals surface area (Å²) in [6.07, 6.45) is 1.45. The Morgan fingerprint density at radius 2 is 2.03 bits per heavy atom. The molecule has 0 spiro atoms. The molecule has 0 saturated heterocycles. The number of pyridine rings is 1. The standard InChI is InChI=1S/C19H27F3N6O2/c1-18(8-11-3-4-11,17(24-2)27-28-23)26-16(29)14-7-15(30-10-19(20,21)22)13(9-25-14)12-5-6-12/h7,9,11-12,28H,3-6,8,10,23H2,1-2H3,(H,24,27)(H,26,29). The van der Waals surface area contributed by atoms with Crippen LogP contribution in [0.25, 0.3) is 0 Å². The lowest BCUT2D eigenvalue weighted by atomic mass is 9.92. The molecule has 1 atom stereocenters. The lowest BCUT2D eigenvalue weighted by molar-refractivity contribution is -0.153. The molecule has 5 N–H and O–H groups in total. The summed E-state index contributed by atoms with van der Waals surface area (Å²) in [7, 11) is 1.57. The smallest absolute Gasteiger partial charge is 0.422 e. The number of rotatable bonds is 9. The van der Waals surface area contributed by atoms with Crippen LogP contribution in [0.1, 0.15) is 61.0 Å². The molecule has 8 nitrogen and oxygen atoms in total. The van der Waals surface area contributed by atoms with E-state index in [9.17, 15) is 18.0 Å². The molecule has 2 saturated carbocycles. The van der Waals surface area contributed by atoms with E-state index in [-0.39, 0.29) is 17.4 Å². The second-order valence-corrected chi connectivity index (χ2v) is 8.06. The molecular formula is C19H27F3N6O2. The van der Waals surface area contributed by atoms with Crippen LogP contribution in [0.15, 0.2) is 17.3 Å². The molecule has 166 valence electrons. The topological polar surface area (TPSA) is 114 Å². The third kappa shape index (κ3) is 5.82. The molecule has 1 aromatic rings. The molecule has 0 bridgehead atoms. The Bertz CT molecular complexity index is 808. The fraction of sp³-hybridized carbons (Fsp3) is 0.632. The van der Waals surface area contributed by atoms with Crippen LogP contribution in [0.3, 0.4) is 0 Å². The molecule has 30 heavy (non-hydrogen) atoms. The third-order valence-corrected chi connectivity index (χ3v) is 5.26. The first-order chi connectivity index (χ1) is 14.1. The van der Waals surface area contributed by atoms with Crippen LogP contribution in [0.5, 0.6) is 5.75 Å². The Balaban J connectivity index is 1.81. The number of nitrogens with two attached hydrogens (primary N) is 1. The second kappa shape index (κ2) is 8.76. The van der Waals surface area contributed by atoms with Crippen molar-refractivity contribution < 1.29 is 22.7 Å². The first-order valence-corrected chi connectivity index (χ1v) is 9.86. The summed E-state index contributed by atoms with van der Waals surface area (Å²) in [4.78, 5) is 21.3. The van der Waals surface area contributed by atoms with E-state index in [4.69, 9.17) is 10.6 Å². The molecule has 3 rings (SSSR count). The number of hydrazine groups is 2. The number of hydrogen-bond acceptors (Lipinski definition) is 6. The van der Waals surface area contributed by atoms with Gasteiger partial charge in [0.2, 0.25) is 0 Å². The molecule has 0 aromatic carbocycles. The van der Waals surface area contributed by atoms with Gasteiger partial charge < -0.3 is 10.1 Å². The zero-order valence-electron chi connectivity index (χ0n) is 17.0. The zero-order chi connectivity index (χ0) is 21.9. The number of amides is 1. The van der Waals surface area contributed by atoms with Crippen molar-refractivity contribution >= 4 is 11.7 Å². The van der Waals surface area contributed by atoms with E-state index < -0.39 is 24.2 Å². The predicted molar refractivity (Wildman–Crippen MR) is 105 cm³/mol. The van der Waals surface area contributed by atoms with Crippen molar-refractivity contribution in [2.45, 2.75) is 56.7 Å². The van der Waals surface area contributed by atoms with Gasteiger partial charge in [-0.05, 0) is 38.0 Å². The minimum absolute atomic E-state index is 0.0187. The summed E-state index contributed by atoms with van der Waals surface area (Å²) in [5, 5.41) is 2.91. The number of amidine groups is 1. The summed E-state index contributed by atoms with van der Waals surface area (Å²) in [6, 6.07) is 1.28. The summed E-state index contributed by atoms with van der Waals surface area (Å²) in [5.41, 5.74) is 4.78. The summed E-state index contributed by atoms with van der Waals surface area (Å²) in [6.45, 7) is 0.394. The third-order valence-electron chi connectivity index (χ3n) is 5.26. The number of aromatic nitrogens is 1. The van der Waals surface area contributed by atoms with Crippen molar-refractivity contribution in [2.24, 2.45) is 16.8 Å². The van der Waals surface area contributed by atoms with Gasteiger partial charge in [-0.2, -0.15) is 18.7 Å². The van der Waals surface area contributed by atoms with Gasteiger partial charge in [0.25, 0.3) is 5.91 Å². The normalized spacial score (nSPS) is 19.2. The highest BCUT2D eigenvalue weighted by atomic mass is 19.4. The van der Waals surface area contributed by atoms with E-state index in [2.05, 4.69) is 26.3 Å². The highest BCUT2D eigenvalue weighted by Gasteiger charge is 2.39. The van der Waals surface area contributed by atoms with Crippen molar-refractivity contribution in [1.29, 1.82) is 0 Å². The molecule has 11 heteroatoms. The molecule has 2 aliphatic rings. The first kappa shape index (κ1) is 22.3. The second-order valence-electron chi connectivity index (χ2n) is 8.06. The van der Waals surface area contributed by atoms with E-state index in [0.29, 0.717) is 23.7 Å². The van der Waals surface area contributed by atoms with E-state index in [1.165, 1.54) is 12.3 Å². The SMILES string of the molecule is CN=C(NNN)C(C)(CC1CC1)NC(=O)c1cc(OCC(F)(F)F)c(C2CC2)cn1. The van der Waals surface area contributed by atoms with Gasteiger partial charge >= 0.3 is 6.18 Å². The zero-order valence-corrected chi connectivity index (χ0v) is 17.0. The largest absolute Gasteiger partial charge is 0.484 e. The number of alkyl halides is 3. The Labute approximate surface area is 172 Å². The number of hydrogen-bond donors (Lipinski definition) is 4. The Morgan fingerprint density at radius 1 is 1.33 bits per heavy atom. The number of ether oxygens (including phenoxy) is 1. The number of carbonyl (C=O) groups excluding carboxylic acids is 1. The van der Waals surface area contributed by atoms with Crippen LogP contribution < -0.4 is 26.9 Å².